The summed E-state index contributed by atoms with van der Waals surface area (Å²) in [5.41, 5.74) is 5.53. The monoisotopic (exact) mass is 422 g/mol. The first-order valence-corrected chi connectivity index (χ1v) is 7.42. The molecule has 1 aromatic heterocycles. The minimum atomic E-state index is -0.650. The number of halogens is 2. The van der Waals surface area contributed by atoms with Crippen LogP contribution in [0.4, 0.5) is 5.82 Å². The highest BCUT2D eigenvalue weighted by molar-refractivity contribution is 9.11. The van der Waals surface area contributed by atoms with Crippen LogP contribution in [0.5, 0.6) is 5.75 Å². The quantitative estimate of drug-likeness (QED) is 0.770. The van der Waals surface area contributed by atoms with Gasteiger partial charge in [-0.15, -0.1) is 0 Å². The molecular formula is C14H8Br2N4O2. The Kier molecular flexibility index (Phi) is 4.55. The molecule has 110 valence electrons. The zero-order valence-electron chi connectivity index (χ0n) is 11.2. The lowest BCUT2D eigenvalue weighted by Crippen LogP contribution is -2.16. The van der Waals surface area contributed by atoms with Gasteiger partial charge in [0, 0.05) is 15.6 Å². The van der Waals surface area contributed by atoms with Crippen LogP contribution in [-0.4, -0.2) is 12.1 Å². The van der Waals surface area contributed by atoms with Gasteiger partial charge in [-0.3, -0.25) is 4.79 Å². The van der Waals surface area contributed by atoms with E-state index in [0.29, 0.717) is 20.3 Å². The molecule has 6 nitrogen and oxygen atoms in total. The van der Waals surface area contributed by atoms with E-state index in [2.05, 4.69) is 36.8 Å². The Balaban J connectivity index is 2.98. The molecule has 0 saturated carbocycles. The molecule has 0 unspecified atom stereocenters. The van der Waals surface area contributed by atoms with Crippen molar-refractivity contribution >= 4 is 37.7 Å². The number of aromatic nitrogens is 1. The Morgan fingerprint density at radius 1 is 1.18 bits per heavy atom. The molecule has 8 heteroatoms. The maximum Gasteiger partial charge on any atom is 0.268 e. The number of nitrogens with zero attached hydrogens (tertiary/aromatic N) is 2. The number of benzene rings is 1. The molecule has 0 saturated heterocycles. The van der Waals surface area contributed by atoms with Crippen molar-refractivity contribution in [3.8, 4) is 29.0 Å². The second-order valence-electron chi connectivity index (χ2n) is 4.18. The molecule has 3 N–H and O–H groups in total. The molecule has 0 aliphatic rings. The zero-order valence-corrected chi connectivity index (χ0v) is 14.4. The number of anilines is 1. The molecule has 0 amide bonds. The van der Waals surface area contributed by atoms with Crippen LogP contribution in [0.3, 0.4) is 0 Å². The van der Waals surface area contributed by atoms with Gasteiger partial charge in [-0.1, -0.05) is 15.9 Å². The number of nitriles is 2. The smallest absolute Gasteiger partial charge is 0.268 e. The van der Waals surface area contributed by atoms with Crippen LogP contribution < -0.4 is 16.0 Å². The minimum absolute atomic E-state index is 0.0289. The number of hydrogen-bond acceptors (Lipinski definition) is 5. The summed E-state index contributed by atoms with van der Waals surface area (Å²) in [5.74, 6) is 0.403. The summed E-state index contributed by atoms with van der Waals surface area (Å²) in [6.45, 7) is 0. The highest BCUT2D eigenvalue weighted by Gasteiger charge is 2.21. The Morgan fingerprint density at radius 3 is 2.36 bits per heavy atom. The van der Waals surface area contributed by atoms with Gasteiger partial charge in [-0.2, -0.15) is 10.5 Å². The fraction of sp³-hybridized carbons (Fsp3) is 0.0714. The van der Waals surface area contributed by atoms with Gasteiger partial charge in [0.1, 0.15) is 34.8 Å². The molecule has 0 bridgehead atoms. The summed E-state index contributed by atoms with van der Waals surface area (Å²) < 4.78 is 6.48. The lowest BCUT2D eigenvalue weighted by molar-refractivity contribution is 0.412. The van der Waals surface area contributed by atoms with Crippen LogP contribution in [0.1, 0.15) is 11.1 Å². The standard InChI is InChI=1S/C14H8Br2N4O2/c1-22-11-2-6(9(15)3-10(11)16)12-7(4-17)13(19)20-14(21)8(12)5-18/h2-3H,1H3,(H3,19,20,21). The summed E-state index contributed by atoms with van der Waals surface area (Å²) in [5, 5.41) is 18.6. The van der Waals surface area contributed by atoms with Gasteiger partial charge >= 0.3 is 0 Å². The molecule has 0 fully saturated rings. The second kappa shape index (κ2) is 6.22. The minimum Gasteiger partial charge on any atom is -0.496 e. The van der Waals surface area contributed by atoms with Crippen molar-refractivity contribution in [1.82, 2.24) is 4.98 Å². The number of nitrogens with one attached hydrogen (secondary N) is 1. The second-order valence-corrected chi connectivity index (χ2v) is 5.89. The van der Waals surface area contributed by atoms with E-state index in [9.17, 15) is 15.3 Å². The average molecular weight is 424 g/mol. The highest BCUT2D eigenvalue weighted by atomic mass is 79.9. The fourth-order valence-corrected chi connectivity index (χ4v) is 3.34. The van der Waals surface area contributed by atoms with Crippen LogP contribution >= 0.6 is 31.9 Å². The summed E-state index contributed by atoms with van der Waals surface area (Å²) in [4.78, 5) is 14.2. The third-order valence-corrected chi connectivity index (χ3v) is 4.25. The largest absolute Gasteiger partial charge is 0.496 e. The average Bonchev–Trinajstić information content (AvgIpc) is 2.47. The van der Waals surface area contributed by atoms with E-state index in [-0.39, 0.29) is 22.5 Å². The number of methoxy groups -OCH3 is 1. The fourth-order valence-electron chi connectivity index (χ4n) is 1.99. The van der Waals surface area contributed by atoms with Crippen LogP contribution in [0, 0.1) is 22.7 Å². The summed E-state index contributed by atoms with van der Waals surface area (Å²) in [7, 11) is 1.49. The molecule has 2 rings (SSSR count). The number of nitrogens with two attached hydrogens (primary N) is 1. The van der Waals surface area contributed by atoms with Crippen molar-refractivity contribution in [2.45, 2.75) is 0 Å². The number of ether oxygens (including phenoxy) is 1. The molecule has 22 heavy (non-hydrogen) atoms. The van der Waals surface area contributed by atoms with E-state index in [1.165, 1.54) is 7.11 Å². The molecular weight excluding hydrogens is 416 g/mol. The van der Waals surface area contributed by atoms with Gasteiger partial charge in [-0.05, 0) is 28.1 Å². The van der Waals surface area contributed by atoms with E-state index >= 15 is 0 Å². The molecule has 1 aromatic carbocycles. The summed E-state index contributed by atoms with van der Waals surface area (Å²) in [6.07, 6.45) is 0. The van der Waals surface area contributed by atoms with Crippen LogP contribution in [-0.2, 0) is 0 Å². The van der Waals surface area contributed by atoms with Crippen molar-refractivity contribution in [3.63, 3.8) is 0 Å². The van der Waals surface area contributed by atoms with Crippen molar-refractivity contribution in [3.05, 3.63) is 42.6 Å². The van der Waals surface area contributed by atoms with E-state index in [0.717, 1.165) is 0 Å². The Morgan fingerprint density at radius 2 is 1.82 bits per heavy atom. The van der Waals surface area contributed by atoms with Crippen LogP contribution in [0.15, 0.2) is 25.9 Å². The lowest BCUT2D eigenvalue weighted by atomic mass is 9.96. The van der Waals surface area contributed by atoms with E-state index in [1.54, 1.807) is 12.1 Å². The normalized spacial score (nSPS) is 9.86. The van der Waals surface area contributed by atoms with E-state index in [4.69, 9.17) is 10.5 Å². The lowest BCUT2D eigenvalue weighted by Gasteiger charge is -2.13. The first-order chi connectivity index (χ1) is 10.4. The number of hydrogen-bond donors (Lipinski definition) is 2. The molecule has 0 radical (unpaired) electrons. The highest BCUT2D eigenvalue weighted by Crippen LogP contribution is 2.39. The Labute approximate surface area is 142 Å². The van der Waals surface area contributed by atoms with Gasteiger partial charge in [0.2, 0.25) is 0 Å². The molecule has 2 aromatic rings. The third-order valence-electron chi connectivity index (χ3n) is 2.98. The van der Waals surface area contributed by atoms with E-state index < -0.39 is 5.56 Å². The maximum atomic E-state index is 11.9. The van der Waals surface area contributed by atoms with Gasteiger partial charge in [-0.25, -0.2) is 0 Å². The summed E-state index contributed by atoms with van der Waals surface area (Å²) >= 11 is 6.70. The first kappa shape index (κ1) is 16.1. The molecule has 0 atom stereocenters. The van der Waals surface area contributed by atoms with Gasteiger partial charge in [0.05, 0.1) is 11.6 Å². The number of nitrogen functional groups attached to an aromatic ring is 1. The van der Waals surface area contributed by atoms with Crippen molar-refractivity contribution < 1.29 is 4.74 Å². The Bertz CT molecular complexity index is 907. The van der Waals surface area contributed by atoms with Crippen LogP contribution in [0.2, 0.25) is 0 Å². The van der Waals surface area contributed by atoms with E-state index in [1.807, 2.05) is 12.1 Å². The van der Waals surface area contributed by atoms with Crippen molar-refractivity contribution in [2.75, 3.05) is 12.8 Å². The van der Waals surface area contributed by atoms with Gasteiger partial charge in [0.15, 0.2) is 0 Å². The summed E-state index contributed by atoms with van der Waals surface area (Å²) in [6, 6.07) is 7.06. The number of H-pyrrole nitrogens is 1. The molecule has 0 aliphatic carbocycles. The van der Waals surface area contributed by atoms with Crippen molar-refractivity contribution in [1.29, 1.82) is 10.5 Å². The Hall–Kier alpha value is -2.29. The number of aromatic amines is 1. The molecule has 0 aliphatic heterocycles. The van der Waals surface area contributed by atoms with Gasteiger partial charge in [0.25, 0.3) is 5.56 Å². The predicted molar refractivity (Wildman–Crippen MR) is 88.3 cm³/mol. The first-order valence-electron chi connectivity index (χ1n) is 5.84. The van der Waals surface area contributed by atoms with Crippen LogP contribution in [0.25, 0.3) is 11.1 Å². The predicted octanol–water partition coefficient (Wildman–Crippen LogP) is 2.90. The van der Waals surface area contributed by atoms with Crippen molar-refractivity contribution in [2.24, 2.45) is 0 Å². The number of rotatable bonds is 2. The SMILES string of the molecule is COc1cc(-c2c(C#N)c(N)[nH]c(=O)c2C#N)c(Br)cc1Br. The van der Waals surface area contributed by atoms with Gasteiger partial charge < -0.3 is 15.5 Å². The maximum absolute atomic E-state index is 11.9. The third kappa shape index (κ3) is 2.59. The number of pyridine rings is 1. The topological polar surface area (TPSA) is 116 Å². The zero-order chi connectivity index (χ0) is 16.4. The molecule has 0 spiro atoms. The molecule has 1 heterocycles.